The topological polar surface area (TPSA) is 45.2 Å². The first-order valence-electron chi connectivity index (χ1n) is 8.39. The second-order valence-corrected chi connectivity index (χ2v) is 7.01. The zero-order valence-corrected chi connectivity index (χ0v) is 14.6. The van der Waals surface area contributed by atoms with Gasteiger partial charge in [-0.3, -0.25) is 0 Å². The minimum Gasteiger partial charge on any atom is -0.329 e. The normalized spacial score (nSPS) is 15.6. The number of nitrogens with zero attached hydrogens (tertiary/aromatic N) is 2. The molecule has 0 saturated heterocycles. The van der Waals surface area contributed by atoms with Crippen LogP contribution in [-0.4, -0.2) is 22.0 Å². The summed E-state index contributed by atoms with van der Waals surface area (Å²) in [6.45, 7) is 2.33. The van der Waals surface area contributed by atoms with E-state index in [2.05, 4.69) is 10.3 Å². The highest BCUT2D eigenvalue weighted by Gasteiger charge is 2.30. The molecule has 1 aliphatic rings. The lowest BCUT2D eigenvalue weighted by Crippen LogP contribution is -2.49. The summed E-state index contributed by atoms with van der Waals surface area (Å²) in [6.07, 6.45) is 5.61. The van der Waals surface area contributed by atoms with E-state index in [-0.39, 0.29) is 23.9 Å². The van der Waals surface area contributed by atoms with Gasteiger partial charge in [0.1, 0.15) is 10.8 Å². The summed E-state index contributed by atoms with van der Waals surface area (Å²) in [5.41, 5.74) is 0.557. The van der Waals surface area contributed by atoms with E-state index in [1.165, 1.54) is 17.4 Å². The Morgan fingerprint density at radius 2 is 2.25 bits per heavy atom. The lowest BCUT2D eigenvalue weighted by Gasteiger charge is -2.38. The van der Waals surface area contributed by atoms with Crippen molar-refractivity contribution in [2.24, 2.45) is 0 Å². The maximum atomic E-state index is 14.0. The van der Waals surface area contributed by atoms with Gasteiger partial charge in [0.2, 0.25) is 0 Å². The number of halogens is 1. The molecular weight excluding hydrogens is 325 g/mol. The van der Waals surface area contributed by atoms with Gasteiger partial charge in [-0.15, -0.1) is 11.3 Å². The molecule has 4 nitrogen and oxygen atoms in total. The Bertz CT molecular complexity index is 673. The Balaban J connectivity index is 1.73. The molecule has 128 valence electrons. The second-order valence-electron chi connectivity index (χ2n) is 6.08. The molecule has 1 aliphatic carbocycles. The van der Waals surface area contributed by atoms with Crippen LogP contribution in [0, 0.1) is 5.82 Å². The Kier molecular flexibility index (Phi) is 5.45. The fraction of sp³-hybridized carbons (Fsp3) is 0.444. The summed E-state index contributed by atoms with van der Waals surface area (Å²) in [4.78, 5) is 18.9. The van der Waals surface area contributed by atoms with Gasteiger partial charge in [0.05, 0.1) is 12.6 Å². The number of amides is 2. The number of benzene rings is 1. The molecule has 1 heterocycles. The van der Waals surface area contributed by atoms with Crippen molar-refractivity contribution < 1.29 is 9.18 Å². The van der Waals surface area contributed by atoms with E-state index in [0.29, 0.717) is 12.1 Å². The third-order valence-corrected chi connectivity index (χ3v) is 5.42. The monoisotopic (exact) mass is 347 g/mol. The van der Waals surface area contributed by atoms with Crippen LogP contribution in [0.5, 0.6) is 0 Å². The highest BCUT2D eigenvalue weighted by Crippen LogP contribution is 2.28. The summed E-state index contributed by atoms with van der Waals surface area (Å²) in [7, 11) is 0. The Hall–Kier alpha value is -1.95. The van der Waals surface area contributed by atoms with Crippen molar-refractivity contribution in [1.82, 2.24) is 15.2 Å². The van der Waals surface area contributed by atoms with Crippen LogP contribution in [0.25, 0.3) is 0 Å². The Morgan fingerprint density at radius 1 is 1.46 bits per heavy atom. The zero-order chi connectivity index (χ0) is 16.9. The van der Waals surface area contributed by atoms with Gasteiger partial charge in [0, 0.05) is 23.2 Å². The third kappa shape index (κ3) is 3.75. The van der Waals surface area contributed by atoms with Gasteiger partial charge in [-0.1, -0.05) is 25.1 Å². The number of nitrogens with one attached hydrogen (secondary N) is 1. The molecule has 1 saturated carbocycles. The first-order chi connectivity index (χ1) is 11.7. The summed E-state index contributed by atoms with van der Waals surface area (Å²) in [5, 5.41) is 5.89. The van der Waals surface area contributed by atoms with Gasteiger partial charge in [-0.2, -0.15) is 0 Å². The average Bonchev–Trinajstić information content (AvgIpc) is 3.06. The predicted octanol–water partition coefficient (Wildman–Crippen LogP) is 4.50. The predicted molar refractivity (Wildman–Crippen MR) is 93.3 cm³/mol. The summed E-state index contributed by atoms with van der Waals surface area (Å²) in [6, 6.07) is 6.62. The quantitative estimate of drug-likeness (QED) is 0.836. The van der Waals surface area contributed by atoms with Gasteiger partial charge in [-0.25, -0.2) is 14.2 Å². The molecule has 1 unspecified atom stereocenters. The van der Waals surface area contributed by atoms with Crippen molar-refractivity contribution in [2.45, 2.75) is 51.2 Å². The summed E-state index contributed by atoms with van der Waals surface area (Å²) in [5.74, 6) is -0.262. The molecule has 0 aliphatic heterocycles. The van der Waals surface area contributed by atoms with Crippen molar-refractivity contribution in [3.05, 3.63) is 52.2 Å². The van der Waals surface area contributed by atoms with E-state index in [1.807, 2.05) is 12.3 Å². The van der Waals surface area contributed by atoms with E-state index in [1.54, 1.807) is 29.3 Å². The minimum absolute atomic E-state index is 0.0966. The van der Waals surface area contributed by atoms with Crippen LogP contribution in [0.4, 0.5) is 9.18 Å². The van der Waals surface area contributed by atoms with Crippen molar-refractivity contribution in [1.29, 1.82) is 0 Å². The summed E-state index contributed by atoms with van der Waals surface area (Å²) < 4.78 is 14.0. The number of urea groups is 1. The van der Waals surface area contributed by atoms with Gasteiger partial charge in [0.25, 0.3) is 0 Å². The number of thiazole rings is 1. The first-order valence-corrected chi connectivity index (χ1v) is 9.27. The number of carbonyl (C=O) groups is 1. The van der Waals surface area contributed by atoms with Crippen LogP contribution < -0.4 is 5.32 Å². The molecule has 24 heavy (non-hydrogen) atoms. The van der Waals surface area contributed by atoms with Gasteiger partial charge in [0.15, 0.2) is 0 Å². The maximum absolute atomic E-state index is 14.0. The third-order valence-electron chi connectivity index (χ3n) is 4.53. The highest BCUT2D eigenvalue weighted by atomic mass is 32.1. The zero-order valence-electron chi connectivity index (χ0n) is 13.7. The molecule has 0 bridgehead atoms. The van der Waals surface area contributed by atoms with Crippen molar-refractivity contribution >= 4 is 17.4 Å². The maximum Gasteiger partial charge on any atom is 0.318 e. The number of hydrogen-bond donors (Lipinski definition) is 1. The molecular formula is C18H22FN3OS. The lowest BCUT2D eigenvalue weighted by atomic mass is 9.91. The van der Waals surface area contributed by atoms with Gasteiger partial charge < -0.3 is 10.2 Å². The van der Waals surface area contributed by atoms with Crippen LogP contribution in [0.15, 0.2) is 35.8 Å². The minimum atomic E-state index is -0.262. The van der Waals surface area contributed by atoms with Crippen LogP contribution in [-0.2, 0) is 6.54 Å². The van der Waals surface area contributed by atoms with Crippen LogP contribution in [0.3, 0.4) is 0 Å². The Labute approximate surface area is 145 Å². The van der Waals surface area contributed by atoms with Crippen molar-refractivity contribution in [3.63, 3.8) is 0 Å². The second kappa shape index (κ2) is 7.75. The van der Waals surface area contributed by atoms with Crippen LogP contribution in [0.1, 0.15) is 49.2 Å². The number of carbonyl (C=O) groups excluding carboxylic acids is 1. The van der Waals surface area contributed by atoms with Crippen LogP contribution >= 0.6 is 11.3 Å². The molecule has 1 N–H and O–H groups in total. The number of aromatic nitrogens is 1. The largest absolute Gasteiger partial charge is 0.329 e. The van der Waals surface area contributed by atoms with Gasteiger partial charge in [-0.05, 0) is 31.7 Å². The van der Waals surface area contributed by atoms with E-state index < -0.39 is 0 Å². The van der Waals surface area contributed by atoms with Gasteiger partial charge >= 0.3 is 6.03 Å². The molecule has 1 aromatic carbocycles. The molecule has 1 fully saturated rings. The molecule has 0 radical (unpaired) electrons. The van der Waals surface area contributed by atoms with E-state index in [4.69, 9.17) is 0 Å². The summed E-state index contributed by atoms with van der Waals surface area (Å²) >= 11 is 1.54. The fourth-order valence-electron chi connectivity index (χ4n) is 2.85. The molecule has 2 amide bonds. The highest BCUT2D eigenvalue weighted by molar-refractivity contribution is 7.09. The van der Waals surface area contributed by atoms with Crippen LogP contribution in [0.2, 0.25) is 0 Å². The van der Waals surface area contributed by atoms with E-state index in [0.717, 1.165) is 30.7 Å². The fourth-order valence-corrected chi connectivity index (χ4v) is 3.62. The standard InChI is InChI=1S/C18H22FN3OS/c1-2-16(17-20-10-11-24-17)21-18(23)22(14-7-5-8-14)12-13-6-3-4-9-15(13)19/h3-4,6,9-11,14,16H,2,5,7-8,12H2,1H3,(H,21,23). The number of rotatable bonds is 6. The molecule has 2 aromatic rings. The molecule has 6 heteroatoms. The molecule has 1 atom stereocenters. The smallest absolute Gasteiger partial charge is 0.318 e. The molecule has 0 spiro atoms. The molecule has 3 rings (SSSR count). The van der Waals surface area contributed by atoms with E-state index >= 15 is 0 Å². The SMILES string of the molecule is CCC(NC(=O)N(Cc1ccccc1F)C1CCC1)c1nccs1. The lowest BCUT2D eigenvalue weighted by molar-refractivity contribution is 0.129. The number of hydrogen-bond acceptors (Lipinski definition) is 3. The first kappa shape index (κ1) is 16.9. The molecule has 1 aromatic heterocycles. The van der Waals surface area contributed by atoms with Crippen molar-refractivity contribution in [2.75, 3.05) is 0 Å². The van der Waals surface area contributed by atoms with Crippen molar-refractivity contribution in [3.8, 4) is 0 Å². The Morgan fingerprint density at radius 3 is 2.83 bits per heavy atom. The average molecular weight is 347 g/mol. The van der Waals surface area contributed by atoms with E-state index in [9.17, 15) is 9.18 Å².